The Morgan fingerprint density at radius 1 is 1.24 bits per heavy atom. The van der Waals surface area contributed by atoms with E-state index in [0.29, 0.717) is 12.0 Å². The van der Waals surface area contributed by atoms with Gasteiger partial charge in [-0.25, -0.2) is 4.98 Å². The predicted octanol–water partition coefficient (Wildman–Crippen LogP) is 2.91. The number of imidazole rings is 1. The van der Waals surface area contributed by atoms with Gasteiger partial charge in [-0.3, -0.25) is 9.30 Å². The van der Waals surface area contributed by atoms with Gasteiger partial charge < -0.3 is 5.11 Å². The van der Waals surface area contributed by atoms with Crippen LogP contribution < -0.4 is 0 Å². The van der Waals surface area contributed by atoms with Crippen molar-refractivity contribution in [2.75, 3.05) is 6.54 Å². The minimum absolute atomic E-state index is 0.0881. The molecule has 1 saturated carbocycles. The van der Waals surface area contributed by atoms with Crippen molar-refractivity contribution in [2.45, 2.75) is 57.2 Å². The zero-order valence-corrected chi connectivity index (χ0v) is 13.1. The molecule has 2 fully saturated rings. The fourth-order valence-electron chi connectivity index (χ4n) is 4.18. The van der Waals surface area contributed by atoms with E-state index in [0.717, 1.165) is 24.5 Å². The Labute approximate surface area is 129 Å². The first-order valence-corrected chi connectivity index (χ1v) is 9.02. The number of hydrogen-bond acceptors (Lipinski definition) is 4. The fraction of sp³-hybridized carbons (Fsp3) is 0.688. The van der Waals surface area contributed by atoms with Crippen LogP contribution in [-0.2, 0) is 6.54 Å². The number of hydrogen-bond donors (Lipinski definition) is 1. The molecule has 3 unspecified atom stereocenters. The number of nitrogens with zero attached hydrogens (tertiary/aromatic N) is 3. The summed E-state index contributed by atoms with van der Waals surface area (Å²) in [6, 6.07) is 0.556. The molecular formula is C16H23N3OS. The number of rotatable bonds is 3. The van der Waals surface area contributed by atoms with Gasteiger partial charge >= 0.3 is 0 Å². The molecule has 1 N–H and O–H groups in total. The molecule has 2 aliphatic rings. The van der Waals surface area contributed by atoms with E-state index in [1.807, 2.05) is 0 Å². The lowest BCUT2D eigenvalue weighted by Gasteiger charge is -2.37. The number of likely N-dealkylation sites (tertiary alicyclic amines) is 1. The van der Waals surface area contributed by atoms with Gasteiger partial charge in [0.05, 0.1) is 11.8 Å². The van der Waals surface area contributed by atoms with Gasteiger partial charge in [0.1, 0.15) is 0 Å². The van der Waals surface area contributed by atoms with E-state index >= 15 is 0 Å². The zero-order chi connectivity index (χ0) is 14.2. The van der Waals surface area contributed by atoms with Crippen LogP contribution >= 0.6 is 11.3 Å². The maximum absolute atomic E-state index is 10.3. The molecule has 0 bridgehead atoms. The van der Waals surface area contributed by atoms with E-state index in [4.69, 9.17) is 4.98 Å². The quantitative estimate of drug-likeness (QED) is 0.948. The Morgan fingerprint density at radius 3 is 3.00 bits per heavy atom. The molecule has 3 heterocycles. The normalized spacial score (nSPS) is 31.2. The van der Waals surface area contributed by atoms with Crippen molar-refractivity contribution < 1.29 is 5.11 Å². The largest absolute Gasteiger partial charge is 0.393 e. The third-order valence-corrected chi connectivity index (χ3v) is 5.97. The van der Waals surface area contributed by atoms with Crippen molar-refractivity contribution >= 4 is 16.3 Å². The van der Waals surface area contributed by atoms with Gasteiger partial charge in [-0.1, -0.05) is 12.8 Å². The summed E-state index contributed by atoms with van der Waals surface area (Å²) in [6.45, 7) is 2.08. The number of fused-ring (bicyclic) bond motifs is 1. The molecule has 3 atom stereocenters. The van der Waals surface area contributed by atoms with Crippen LogP contribution in [0.4, 0.5) is 0 Å². The molecule has 0 spiro atoms. The molecule has 1 saturated heterocycles. The Hall–Kier alpha value is -0.910. The van der Waals surface area contributed by atoms with Crippen LogP contribution in [0.2, 0.25) is 0 Å². The molecule has 4 nitrogen and oxygen atoms in total. The van der Waals surface area contributed by atoms with Crippen LogP contribution in [0.1, 0.15) is 44.2 Å². The molecule has 0 radical (unpaired) electrons. The maximum atomic E-state index is 10.3. The minimum atomic E-state index is -0.0881. The first-order valence-electron chi connectivity index (χ1n) is 8.14. The third kappa shape index (κ3) is 2.62. The number of aliphatic hydroxyl groups excluding tert-OH is 1. The maximum Gasteiger partial charge on any atom is 0.193 e. The Morgan fingerprint density at radius 2 is 2.14 bits per heavy atom. The van der Waals surface area contributed by atoms with Crippen LogP contribution in [0.5, 0.6) is 0 Å². The summed E-state index contributed by atoms with van der Waals surface area (Å²) in [4.78, 5) is 8.36. The molecule has 4 rings (SSSR count). The van der Waals surface area contributed by atoms with Crippen molar-refractivity contribution in [1.82, 2.24) is 14.3 Å². The molecule has 0 aromatic carbocycles. The highest BCUT2D eigenvalue weighted by atomic mass is 32.1. The fourth-order valence-corrected chi connectivity index (χ4v) is 4.90. The van der Waals surface area contributed by atoms with Crippen molar-refractivity contribution in [2.24, 2.45) is 5.92 Å². The Balaban J connectivity index is 1.49. The molecular weight excluding hydrogens is 282 g/mol. The van der Waals surface area contributed by atoms with Gasteiger partial charge in [-0.15, -0.1) is 11.3 Å². The first kappa shape index (κ1) is 13.7. The second-order valence-electron chi connectivity index (χ2n) is 6.52. The average molecular weight is 305 g/mol. The summed E-state index contributed by atoms with van der Waals surface area (Å²) in [5, 5.41) is 12.4. The van der Waals surface area contributed by atoms with Crippen LogP contribution in [0, 0.1) is 5.92 Å². The van der Waals surface area contributed by atoms with Gasteiger partial charge in [0.25, 0.3) is 0 Å². The molecule has 1 aliphatic heterocycles. The predicted molar refractivity (Wildman–Crippen MR) is 84.5 cm³/mol. The second kappa shape index (κ2) is 5.71. The number of aromatic nitrogens is 2. The van der Waals surface area contributed by atoms with Crippen LogP contribution in [0.15, 0.2) is 17.8 Å². The van der Waals surface area contributed by atoms with Crippen molar-refractivity contribution in [3.8, 4) is 0 Å². The number of aliphatic hydroxyl groups is 1. The average Bonchev–Trinajstić information content (AvgIpc) is 3.15. The highest BCUT2D eigenvalue weighted by Crippen LogP contribution is 2.35. The topological polar surface area (TPSA) is 40.8 Å². The highest BCUT2D eigenvalue weighted by molar-refractivity contribution is 7.15. The van der Waals surface area contributed by atoms with Crippen LogP contribution in [-0.4, -0.2) is 38.1 Å². The summed E-state index contributed by atoms with van der Waals surface area (Å²) >= 11 is 1.69. The lowest BCUT2D eigenvalue weighted by atomic mass is 9.80. The molecule has 114 valence electrons. The Bertz CT molecular complexity index is 579. The van der Waals surface area contributed by atoms with Gasteiger partial charge in [0.15, 0.2) is 4.96 Å². The Kier molecular flexibility index (Phi) is 3.73. The van der Waals surface area contributed by atoms with Gasteiger partial charge in [0.2, 0.25) is 0 Å². The van der Waals surface area contributed by atoms with E-state index in [1.54, 1.807) is 11.3 Å². The van der Waals surface area contributed by atoms with E-state index < -0.39 is 0 Å². The third-order valence-electron chi connectivity index (χ3n) is 5.20. The molecule has 5 heteroatoms. The van der Waals surface area contributed by atoms with E-state index in [9.17, 15) is 5.11 Å². The van der Waals surface area contributed by atoms with Crippen molar-refractivity contribution in [1.29, 1.82) is 0 Å². The minimum Gasteiger partial charge on any atom is -0.393 e. The highest BCUT2D eigenvalue weighted by Gasteiger charge is 2.36. The van der Waals surface area contributed by atoms with E-state index in [1.165, 1.54) is 37.8 Å². The van der Waals surface area contributed by atoms with E-state index in [-0.39, 0.29) is 6.10 Å². The van der Waals surface area contributed by atoms with Gasteiger partial charge in [-0.2, -0.15) is 0 Å². The lowest BCUT2D eigenvalue weighted by Crippen LogP contribution is -2.42. The lowest BCUT2D eigenvalue weighted by molar-refractivity contribution is 0.0199. The van der Waals surface area contributed by atoms with Gasteiger partial charge in [-0.05, 0) is 32.2 Å². The summed E-state index contributed by atoms with van der Waals surface area (Å²) in [6.07, 6.45) is 11.3. The number of thiazole rings is 1. The van der Waals surface area contributed by atoms with Gasteiger partial charge in [0, 0.05) is 36.3 Å². The molecule has 2 aromatic rings. The molecule has 0 amide bonds. The molecule has 1 aliphatic carbocycles. The van der Waals surface area contributed by atoms with E-state index in [2.05, 4.69) is 27.1 Å². The standard InChI is InChI=1S/C16H23N3OS/c20-15-6-2-1-4-13(15)14-5-3-7-18(14)10-12-11-19-8-9-21-16(19)17-12/h8-9,11,13-15,20H,1-7,10H2. The first-order chi connectivity index (χ1) is 10.3. The summed E-state index contributed by atoms with van der Waals surface area (Å²) in [7, 11) is 0. The van der Waals surface area contributed by atoms with Crippen molar-refractivity contribution in [3.63, 3.8) is 0 Å². The monoisotopic (exact) mass is 305 g/mol. The molecule has 21 heavy (non-hydrogen) atoms. The van der Waals surface area contributed by atoms with Crippen LogP contribution in [0.25, 0.3) is 4.96 Å². The summed E-state index contributed by atoms with van der Waals surface area (Å²) < 4.78 is 2.11. The van der Waals surface area contributed by atoms with Crippen LogP contribution in [0.3, 0.4) is 0 Å². The second-order valence-corrected chi connectivity index (χ2v) is 7.39. The summed E-state index contributed by atoms with van der Waals surface area (Å²) in [5.41, 5.74) is 1.17. The zero-order valence-electron chi connectivity index (χ0n) is 12.3. The SMILES string of the molecule is OC1CCCCC1C1CCCN1Cc1cn2ccsc2n1. The molecule has 2 aromatic heterocycles. The summed E-state index contributed by atoms with van der Waals surface area (Å²) in [5.74, 6) is 0.477. The smallest absolute Gasteiger partial charge is 0.193 e. The van der Waals surface area contributed by atoms with Crippen molar-refractivity contribution in [3.05, 3.63) is 23.5 Å².